The number of nitrogens with one attached hydrogen (secondary N) is 1. The minimum atomic E-state index is -0.504. The molecule has 6 saturated carbocycles. The predicted molar refractivity (Wildman–Crippen MR) is 153 cm³/mol. The van der Waals surface area contributed by atoms with E-state index in [9.17, 15) is 9.59 Å². The number of thioether (sulfide) groups is 1. The molecule has 6 aliphatic carbocycles. The molecule has 4 bridgehead atoms. The molecule has 1 aliphatic heterocycles. The highest BCUT2D eigenvalue weighted by Gasteiger charge is 2.50. The molecule has 0 aromatic carbocycles. The Morgan fingerprint density at radius 1 is 0.975 bits per heavy atom. The van der Waals surface area contributed by atoms with Gasteiger partial charge in [-0.1, -0.05) is 25.7 Å². The Kier molecular flexibility index (Phi) is 7.56. The molecule has 8 nitrogen and oxygen atoms in total. The molecular weight excluding hydrogens is 524 g/mol. The van der Waals surface area contributed by atoms with Gasteiger partial charge in [0.2, 0.25) is 11.7 Å². The molecule has 8 rings (SSSR count). The summed E-state index contributed by atoms with van der Waals surface area (Å²) in [6, 6.07) is 0.436. The van der Waals surface area contributed by atoms with E-state index in [1.165, 1.54) is 51.4 Å². The number of ether oxygens (including phenoxy) is 1. The fraction of sp³-hybridized carbons (Fsp3) is 0.839. The van der Waals surface area contributed by atoms with Crippen molar-refractivity contribution in [3.8, 4) is 5.88 Å². The van der Waals surface area contributed by atoms with Crippen molar-refractivity contribution in [2.45, 2.75) is 119 Å². The standard InChI is InChI=1S/C31H46N4O4S/c32-23-7-11-35(12-8-23)30(37)31(9-4-10-31)18-38-29-27(40-24-5-2-1-3-6-24)26(39-34-29)28(36)33-25-21-14-19-13-20(16-21)17-22(25)15-19/h19-25H,1-18,32H2,(H,33,36). The summed E-state index contributed by atoms with van der Waals surface area (Å²) in [5.74, 6) is 3.67. The summed E-state index contributed by atoms with van der Waals surface area (Å²) in [6.45, 7) is 1.74. The first-order chi connectivity index (χ1) is 19.5. The smallest absolute Gasteiger partial charge is 0.291 e. The van der Waals surface area contributed by atoms with Crippen LogP contribution in [0.3, 0.4) is 0 Å². The molecule has 7 aliphatic rings. The van der Waals surface area contributed by atoms with E-state index in [0.29, 0.717) is 28.7 Å². The fourth-order valence-corrected chi connectivity index (χ4v) is 10.3. The van der Waals surface area contributed by atoms with Crippen LogP contribution in [0.5, 0.6) is 5.88 Å². The van der Waals surface area contributed by atoms with Crippen LogP contribution in [0.4, 0.5) is 0 Å². The summed E-state index contributed by atoms with van der Waals surface area (Å²) < 4.78 is 12.1. The van der Waals surface area contributed by atoms with Crippen molar-refractivity contribution in [3.63, 3.8) is 0 Å². The van der Waals surface area contributed by atoms with E-state index < -0.39 is 5.41 Å². The van der Waals surface area contributed by atoms with Gasteiger partial charge in [-0.05, 0) is 99.5 Å². The maximum absolute atomic E-state index is 13.7. The number of piperidine rings is 1. The third-order valence-corrected chi connectivity index (χ3v) is 12.7. The molecule has 9 heteroatoms. The summed E-state index contributed by atoms with van der Waals surface area (Å²) in [6.07, 6.45) is 16.8. The average Bonchev–Trinajstić information content (AvgIpc) is 3.33. The number of nitrogens with two attached hydrogens (primary N) is 1. The van der Waals surface area contributed by atoms with E-state index in [1.807, 2.05) is 4.90 Å². The topological polar surface area (TPSA) is 111 Å². The zero-order valence-corrected chi connectivity index (χ0v) is 24.6. The van der Waals surface area contributed by atoms with Crippen molar-refractivity contribution in [1.29, 1.82) is 0 Å². The first kappa shape index (κ1) is 27.1. The molecule has 7 fully saturated rings. The van der Waals surface area contributed by atoms with Crippen LogP contribution in [0.1, 0.15) is 107 Å². The predicted octanol–water partition coefficient (Wildman–Crippen LogP) is 5.15. The molecule has 2 amide bonds. The first-order valence-corrected chi connectivity index (χ1v) is 17.0. The van der Waals surface area contributed by atoms with E-state index in [-0.39, 0.29) is 30.5 Å². The van der Waals surface area contributed by atoms with E-state index in [2.05, 4.69) is 10.5 Å². The number of hydrogen-bond donors (Lipinski definition) is 2. The van der Waals surface area contributed by atoms with Gasteiger partial charge in [0.1, 0.15) is 11.5 Å². The lowest BCUT2D eigenvalue weighted by atomic mass is 9.54. The Labute approximate surface area is 242 Å². The molecule has 0 unspecified atom stereocenters. The molecule has 1 aromatic heterocycles. The lowest BCUT2D eigenvalue weighted by Crippen LogP contribution is -2.55. The van der Waals surface area contributed by atoms with Crippen molar-refractivity contribution in [3.05, 3.63) is 5.76 Å². The first-order valence-electron chi connectivity index (χ1n) is 16.1. The SMILES string of the molecule is NC1CCN(C(=O)C2(COc3noc(C(=O)NC4C5CC6CC(C5)CC4C6)c3SC3CCCCC3)CCC2)CC1. The number of carbonyl (C=O) groups is 2. The Bertz CT molecular complexity index is 1060. The Hall–Kier alpha value is -1.74. The van der Waals surface area contributed by atoms with Crippen molar-refractivity contribution in [2.75, 3.05) is 19.7 Å². The number of hydrogen-bond acceptors (Lipinski definition) is 7. The highest BCUT2D eigenvalue weighted by molar-refractivity contribution is 8.00. The van der Waals surface area contributed by atoms with Gasteiger partial charge in [-0.15, -0.1) is 11.8 Å². The molecule has 1 aromatic rings. The van der Waals surface area contributed by atoms with E-state index >= 15 is 0 Å². The highest BCUT2D eigenvalue weighted by atomic mass is 32.2. The second kappa shape index (κ2) is 11.2. The number of amides is 2. The van der Waals surface area contributed by atoms with Gasteiger partial charge >= 0.3 is 0 Å². The van der Waals surface area contributed by atoms with Crippen LogP contribution in [0.25, 0.3) is 0 Å². The summed E-state index contributed by atoms with van der Waals surface area (Å²) in [7, 11) is 0. The molecule has 40 heavy (non-hydrogen) atoms. The van der Waals surface area contributed by atoms with E-state index in [1.54, 1.807) is 11.8 Å². The van der Waals surface area contributed by atoms with Gasteiger partial charge in [-0.25, -0.2) is 0 Å². The lowest BCUT2D eigenvalue weighted by molar-refractivity contribution is -0.151. The number of nitrogens with zero attached hydrogens (tertiary/aromatic N) is 2. The monoisotopic (exact) mass is 570 g/mol. The van der Waals surface area contributed by atoms with Gasteiger partial charge in [-0.3, -0.25) is 9.59 Å². The van der Waals surface area contributed by atoms with Gasteiger partial charge in [0.25, 0.3) is 11.8 Å². The number of carbonyl (C=O) groups excluding carboxylic acids is 2. The second-order valence-corrected chi connectivity index (χ2v) is 15.3. The van der Waals surface area contributed by atoms with Gasteiger partial charge in [0.15, 0.2) is 0 Å². The molecule has 0 radical (unpaired) electrons. The number of aromatic nitrogens is 1. The average molecular weight is 571 g/mol. The fourth-order valence-electron chi connectivity index (χ4n) is 9.00. The lowest BCUT2D eigenvalue weighted by Gasteiger charge is -2.54. The highest BCUT2D eigenvalue weighted by Crippen LogP contribution is 2.54. The minimum Gasteiger partial charge on any atom is -0.474 e. The normalized spacial score (nSPS) is 33.5. The third-order valence-electron chi connectivity index (χ3n) is 11.3. The molecule has 0 spiro atoms. The van der Waals surface area contributed by atoms with Crippen LogP contribution in [0, 0.1) is 29.1 Å². The Morgan fingerprint density at radius 3 is 2.27 bits per heavy atom. The van der Waals surface area contributed by atoms with Gasteiger partial charge < -0.3 is 25.2 Å². The molecular formula is C31H46N4O4S. The molecule has 220 valence electrons. The van der Waals surface area contributed by atoms with E-state index in [0.717, 1.165) is 74.8 Å². The summed E-state index contributed by atoms with van der Waals surface area (Å²) >= 11 is 1.71. The Balaban J connectivity index is 1.07. The zero-order valence-electron chi connectivity index (χ0n) is 23.8. The van der Waals surface area contributed by atoms with Crippen LogP contribution in [0.2, 0.25) is 0 Å². The summed E-state index contributed by atoms with van der Waals surface area (Å²) in [4.78, 5) is 30.0. The summed E-state index contributed by atoms with van der Waals surface area (Å²) in [5.41, 5.74) is 5.58. The maximum atomic E-state index is 13.7. The van der Waals surface area contributed by atoms with E-state index in [4.69, 9.17) is 15.0 Å². The minimum absolute atomic E-state index is 0.141. The van der Waals surface area contributed by atoms with Crippen molar-refractivity contribution in [1.82, 2.24) is 15.4 Å². The quantitative estimate of drug-likeness (QED) is 0.445. The van der Waals surface area contributed by atoms with Crippen molar-refractivity contribution < 1.29 is 18.8 Å². The molecule has 3 N–H and O–H groups in total. The molecule has 1 saturated heterocycles. The van der Waals surface area contributed by atoms with Crippen LogP contribution in [0.15, 0.2) is 9.42 Å². The van der Waals surface area contributed by atoms with Crippen LogP contribution in [-0.4, -0.2) is 58.9 Å². The van der Waals surface area contributed by atoms with Crippen LogP contribution >= 0.6 is 11.8 Å². The van der Waals surface area contributed by atoms with Crippen LogP contribution < -0.4 is 15.8 Å². The summed E-state index contributed by atoms with van der Waals surface area (Å²) in [5, 5.41) is 8.16. The molecule has 2 heterocycles. The third kappa shape index (κ3) is 5.18. The maximum Gasteiger partial charge on any atom is 0.291 e. The van der Waals surface area contributed by atoms with Gasteiger partial charge in [-0.2, -0.15) is 0 Å². The van der Waals surface area contributed by atoms with Crippen LogP contribution in [-0.2, 0) is 4.79 Å². The number of rotatable bonds is 8. The zero-order chi connectivity index (χ0) is 27.3. The van der Waals surface area contributed by atoms with Gasteiger partial charge in [0, 0.05) is 30.4 Å². The Morgan fingerprint density at radius 2 is 1.65 bits per heavy atom. The van der Waals surface area contributed by atoms with Crippen molar-refractivity contribution >= 4 is 23.6 Å². The largest absolute Gasteiger partial charge is 0.474 e. The van der Waals surface area contributed by atoms with Gasteiger partial charge in [0.05, 0.1) is 5.41 Å². The molecule has 0 atom stereocenters. The second-order valence-electron chi connectivity index (χ2n) is 14.0. The van der Waals surface area contributed by atoms with Crippen molar-refractivity contribution in [2.24, 2.45) is 34.8 Å². The number of likely N-dealkylation sites (tertiary alicyclic amines) is 1.